The van der Waals surface area contributed by atoms with Crippen LogP contribution in [-0.4, -0.2) is 32.1 Å². The maximum Gasteiger partial charge on any atom is 0.251 e. The number of aromatic nitrogens is 3. The van der Waals surface area contributed by atoms with E-state index in [1.165, 1.54) is 0 Å². The SMILES string of the molecule is CCc1nc2c(N)nc3ccc(O)cc3c2n1CCCCNC(=O)c1ccccc1. The molecule has 0 atom stereocenters. The number of phenolic OH excluding ortho intramolecular Hbond substituents is 1. The Morgan fingerprint density at radius 2 is 1.93 bits per heavy atom. The highest BCUT2D eigenvalue weighted by Crippen LogP contribution is 2.31. The largest absolute Gasteiger partial charge is 0.508 e. The number of hydrogen-bond acceptors (Lipinski definition) is 5. The Kier molecular flexibility index (Phi) is 5.52. The molecule has 7 heteroatoms. The molecule has 0 unspecified atom stereocenters. The first-order valence-electron chi connectivity index (χ1n) is 10.2. The number of hydrogen-bond donors (Lipinski definition) is 3. The molecule has 0 saturated heterocycles. The van der Waals surface area contributed by atoms with Crippen LogP contribution in [0.15, 0.2) is 48.5 Å². The van der Waals surface area contributed by atoms with E-state index in [0.29, 0.717) is 23.4 Å². The fourth-order valence-corrected chi connectivity index (χ4v) is 3.74. The van der Waals surface area contributed by atoms with Crippen LogP contribution in [0.2, 0.25) is 0 Å². The molecule has 4 N–H and O–H groups in total. The summed E-state index contributed by atoms with van der Waals surface area (Å²) in [5.74, 6) is 1.46. The predicted octanol–water partition coefficient (Wildman–Crippen LogP) is 3.64. The fraction of sp³-hybridized carbons (Fsp3) is 0.261. The zero-order valence-corrected chi connectivity index (χ0v) is 16.9. The van der Waals surface area contributed by atoms with E-state index in [1.54, 1.807) is 30.3 Å². The standard InChI is InChI=1S/C23H25N5O2/c1-2-19-27-20-21(17-14-16(29)10-11-18(17)26-22(20)24)28(19)13-7-6-12-25-23(30)15-8-4-3-5-9-15/h3-5,8-11,14,29H,2,6-7,12-13H2,1H3,(H2,24,26)(H,25,30). The summed E-state index contributed by atoms with van der Waals surface area (Å²) >= 11 is 0. The molecule has 0 aliphatic carbocycles. The van der Waals surface area contributed by atoms with Crippen LogP contribution in [0.4, 0.5) is 5.82 Å². The molecule has 7 nitrogen and oxygen atoms in total. The van der Waals surface area contributed by atoms with Crippen LogP contribution >= 0.6 is 0 Å². The lowest BCUT2D eigenvalue weighted by molar-refractivity contribution is 0.0953. The smallest absolute Gasteiger partial charge is 0.251 e. The summed E-state index contributed by atoms with van der Waals surface area (Å²) < 4.78 is 2.16. The number of rotatable bonds is 7. The van der Waals surface area contributed by atoms with Crippen molar-refractivity contribution >= 4 is 33.7 Å². The number of nitrogens with one attached hydrogen (secondary N) is 1. The Morgan fingerprint density at radius 1 is 1.13 bits per heavy atom. The van der Waals surface area contributed by atoms with Crippen LogP contribution in [0.5, 0.6) is 5.75 Å². The van der Waals surface area contributed by atoms with Gasteiger partial charge in [-0.25, -0.2) is 9.97 Å². The molecule has 154 valence electrons. The van der Waals surface area contributed by atoms with E-state index in [-0.39, 0.29) is 11.7 Å². The summed E-state index contributed by atoms with van der Waals surface area (Å²) in [5.41, 5.74) is 9.14. The normalized spacial score (nSPS) is 11.2. The number of fused-ring (bicyclic) bond motifs is 3. The van der Waals surface area contributed by atoms with E-state index in [4.69, 9.17) is 10.7 Å². The predicted molar refractivity (Wildman–Crippen MR) is 118 cm³/mol. The lowest BCUT2D eigenvalue weighted by Crippen LogP contribution is -2.24. The van der Waals surface area contributed by atoms with Gasteiger partial charge in [0.15, 0.2) is 5.82 Å². The van der Waals surface area contributed by atoms with Crippen molar-refractivity contribution in [2.75, 3.05) is 12.3 Å². The van der Waals surface area contributed by atoms with Crippen molar-refractivity contribution in [2.45, 2.75) is 32.7 Å². The summed E-state index contributed by atoms with van der Waals surface area (Å²) in [6.45, 7) is 3.41. The number of benzene rings is 2. The first-order valence-corrected chi connectivity index (χ1v) is 10.2. The highest BCUT2D eigenvalue weighted by Gasteiger charge is 2.16. The summed E-state index contributed by atoms with van der Waals surface area (Å²) in [4.78, 5) is 21.3. The van der Waals surface area contributed by atoms with E-state index < -0.39 is 0 Å². The Bertz CT molecular complexity index is 1200. The number of amides is 1. The number of pyridine rings is 1. The van der Waals surface area contributed by atoms with E-state index >= 15 is 0 Å². The van der Waals surface area contributed by atoms with Crippen LogP contribution < -0.4 is 11.1 Å². The van der Waals surface area contributed by atoms with Gasteiger partial charge in [-0.05, 0) is 43.2 Å². The summed E-state index contributed by atoms with van der Waals surface area (Å²) in [5, 5.41) is 13.8. The number of nitrogens with zero attached hydrogens (tertiary/aromatic N) is 3. The van der Waals surface area contributed by atoms with Gasteiger partial charge in [0.05, 0.1) is 11.0 Å². The Balaban J connectivity index is 1.51. The molecular formula is C23H25N5O2. The molecule has 2 aromatic carbocycles. The van der Waals surface area contributed by atoms with Gasteiger partial charge < -0.3 is 20.7 Å². The van der Waals surface area contributed by atoms with Gasteiger partial charge in [-0.1, -0.05) is 25.1 Å². The van der Waals surface area contributed by atoms with Crippen molar-refractivity contribution in [3.63, 3.8) is 0 Å². The molecular weight excluding hydrogens is 378 g/mol. The second-order valence-corrected chi connectivity index (χ2v) is 7.26. The summed E-state index contributed by atoms with van der Waals surface area (Å²) in [6.07, 6.45) is 2.47. The van der Waals surface area contributed by atoms with Gasteiger partial charge in [0.2, 0.25) is 0 Å². The molecule has 0 aliphatic rings. The van der Waals surface area contributed by atoms with Gasteiger partial charge in [-0.3, -0.25) is 4.79 Å². The number of imidazole rings is 1. The number of carbonyl (C=O) groups excluding carboxylic acids is 1. The maximum atomic E-state index is 12.2. The van der Waals surface area contributed by atoms with Gasteiger partial charge in [-0.15, -0.1) is 0 Å². The monoisotopic (exact) mass is 403 g/mol. The number of phenols is 1. The van der Waals surface area contributed by atoms with Gasteiger partial charge in [-0.2, -0.15) is 0 Å². The second-order valence-electron chi connectivity index (χ2n) is 7.26. The van der Waals surface area contributed by atoms with Crippen LogP contribution in [0.25, 0.3) is 21.9 Å². The molecule has 0 saturated carbocycles. The third-order valence-corrected chi connectivity index (χ3v) is 5.21. The quantitative estimate of drug-likeness (QED) is 0.409. The van der Waals surface area contributed by atoms with Crippen molar-refractivity contribution < 1.29 is 9.90 Å². The van der Waals surface area contributed by atoms with Crippen molar-refractivity contribution in [3.05, 3.63) is 59.9 Å². The molecule has 0 radical (unpaired) electrons. The second kappa shape index (κ2) is 8.41. The van der Waals surface area contributed by atoms with Crippen LogP contribution in [0.3, 0.4) is 0 Å². The van der Waals surface area contributed by atoms with Crippen LogP contribution in [0, 0.1) is 0 Å². The van der Waals surface area contributed by atoms with Gasteiger partial charge in [0, 0.05) is 30.5 Å². The molecule has 2 heterocycles. The number of nitrogen functional groups attached to an aromatic ring is 1. The first-order chi connectivity index (χ1) is 14.6. The number of aromatic hydroxyl groups is 1. The number of carbonyl (C=O) groups is 1. The number of unbranched alkanes of at least 4 members (excludes halogenated alkanes) is 1. The third kappa shape index (κ3) is 3.78. The third-order valence-electron chi connectivity index (χ3n) is 5.21. The average Bonchev–Trinajstić information content (AvgIpc) is 3.14. The molecule has 30 heavy (non-hydrogen) atoms. The van der Waals surface area contributed by atoms with Crippen molar-refractivity contribution in [1.82, 2.24) is 19.9 Å². The molecule has 4 rings (SSSR count). The van der Waals surface area contributed by atoms with E-state index in [1.807, 2.05) is 18.2 Å². The van der Waals surface area contributed by atoms with Gasteiger partial charge >= 0.3 is 0 Å². The first kappa shape index (κ1) is 19.7. The highest BCUT2D eigenvalue weighted by atomic mass is 16.3. The Morgan fingerprint density at radius 3 is 2.70 bits per heavy atom. The zero-order valence-electron chi connectivity index (χ0n) is 16.9. The van der Waals surface area contributed by atoms with E-state index in [0.717, 1.165) is 48.1 Å². The van der Waals surface area contributed by atoms with Gasteiger partial charge in [0.1, 0.15) is 17.1 Å². The van der Waals surface area contributed by atoms with Gasteiger partial charge in [0.25, 0.3) is 5.91 Å². The minimum atomic E-state index is -0.0572. The minimum absolute atomic E-state index is 0.0572. The fourth-order valence-electron chi connectivity index (χ4n) is 3.74. The van der Waals surface area contributed by atoms with Crippen molar-refractivity contribution in [2.24, 2.45) is 0 Å². The van der Waals surface area contributed by atoms with Crippen molar-refractivity contribution in [1.29, 1.82) is 0 Å². The number of aryl methyl sites for hydroxylation is 2. The number of nitrogens with two attached hydrogens (primary N) is 1. The highest BCUT2D eigenvalue weighted by molar-refractivity contribution is 6.07. The molecule has 0 fully saturated rings. The minimum Gasteiger partial charge on any atom is -0.508 e. The topological polar surface area (TPSA) is 106 Å². The van der Waals surface area contributed by atoms with E-state index in [2.05, 4.69) is 21.8 Å². The number of anilines is 1. The average molecular weight is 403 g/mol. The van der Waals surface area contributed by atoms with Crippen LogP contribution in [-0.2, 0) is 13.0 Å². The lowest BCUT2D eigenvalue weighted by Gasteiger charge is -2.11. The molecule has 0 spiro atoms. The van der Waals surface area contributed by atoms with E-state index in [9.17, 15) is 9.90 Å². The summed E-state index contributed by atoms with van der Waals surface area (Å²) in [6, 6.07) is 14.3. The zero-order chi connectivity index (χ0) is 21.1. The molecule has 0 aliphatic heterocycles. The summed E-state index contributed by atoms with van der Waals surface area (Å²) in [7, 11) is 0. The molecule has 0 bridgehead atoms. The molecule has 1 amide bonds. The molecule has 4 aromatic rings. The molecule has 2 aromatic heterocycles. The lowest BCUT2D eigenvalue weighted by atomic mass is 10.1. The Hall–Kier alpha value is -3.61. The van der Waals surface area contributed by atoms with Crippen LogP contribution in [0.1, 0.15) is 35.9 Å². The van der Waals surface area contributed by atoms with Crippen molar-refractivity contribution in [3.8, 4) is 5.75 Å². The Labute approximate surface area is 174 Å². The maximum absolute atomic E-state index is 12.2.